The van der Waals surface area contributed by atoms with Gasteiger partial charge in [-0.05, 0) is 18.2 Å². The molecule has 0 aromatic heterocycles. The zero-order valence-corrected chi connectivity index (χ0v) is 15.2. The van der Waals surface area contributed by atoms with E-state index in [2.05, 4.69) is 10.1 Å². The van der Waals surface area contributed by atoms with E-state index in [-0.39, 0.29) is 37.1 Å². The van der Waals surface area contributed by atoms with Crippen molar-refractivity contribution in [1.29, 1.82) is 0 Å². The molecule has 28 heavy (non-hydrogen) atoms. The molecule has 2 aromatic rings. The summed E-state index contributed by atoms with van der Waals surface area (Å²) in [5.74, 6) is -0.366. The zero-order chi connectivity index (χ0) is 20.1. The summed E-state index contributed by atoms with van der Waals surface area (Å²) in [7, 11) is 1.54. The molecule has 2 aromatic carbocycles. The van der Waals surface area contributed by atoms with E-state index in [1.807, 2.05) is 0 Å². The third-order valence-corrected chi connectivity index (χ3v) is 4.50. The van der Waals surface area contributed by atoms with Gasteiger partial charge in [0.1, 0.15) is 11.5 Å². The highest BCUT2D eigenvalue weighted by Crippen LogP contribution is 2.28. The molecule has 0 aliphatic carbocycles. The first kappa shape index (κ1) is 19.6. The molecule has 1 N–H and O–H groups in total. The molecule has 2 amide bonds. The van der Waals surface area contributed by atoms with Crippen molar-refractivity contribution in [3.05, 3.63) is 54.1 Å². The minimum Gasteiger partial charge on any atom is -0.497 e. The number of hydrogen-bond donors (Lipinski definition) is 1. The molecule has 1 unspecified atom stereocenters. The van der Waals surface area contributed by atoms with Gasteiger partial charge in [0.25, 0.3) is 0 Å². The Kier molecular flexibility index (Phi) is 6.08. The Morgan fingerprint density at radius 3 is 2.79 bits per heavy atom. The van der Waals surface area contributed by atoms with Crippen LogP contribution >= 0.6 is 0 Å². The topological polar surface area (TPSA) is 67.9 Å². The number of methoxy groups -OCH3 is 1. The predicted octanol–water partition coefficient (Wildman–Crippen LogP) is 2.97. The van der Waals surface area contributed by atoms with E-state index >= 15 is 0 Å². The molecule has 0 spiro atoms. The molecule has 3 rings (SSSR count). The number of anilines is 1. The van der Waals surface area contributed by atoms with Gasteiger partial charge in [0.15, 0.2) is 0 Å². The monoisotopic (exact) mass is 390 g/mol. The normalized spacial score (nSPS) is 16.4. The van der Waals surface area contributed by atoms with Crippen molar-refractivity contribution < 1.29 is 27.8 Å². The van der Waals surface area contributed by atoms with Crippen LogP contribution in [0.25, 0.3) is 0 Å². The predicted molar refractivity (Wildman–Crippen MR) is 98.4 cm³/mol. The van der Waals surface area contributed by atoms with Gasteiger partial charge in [-0.25, -0.2) is 0 Å². The number of rotatable bonds is 7. The van der Waals surface area contributed by atoms with Crippen molar-refractivity contribution in [3.8, 4) is 11.5 Å². The lowest BCUT2D eigenvalue weighted by Gasteiger charge is -2.17. The van der Waals surface area contributed by atoms with Gasteiger partial charge in [-0.2, -0.15) is 8.78 Å². The summed E-state index contributed by atoms with van der Waals surface area (Å²) >= 11 is 0. The SMILES string of the molecule is COc1cccc(N2CC(C(=O)NCc3ccccc3OC(F)F)CC2=O)c1. The Bertz CT molecular complexity index is 860. The first-order valence-corrected chi connectivity index (χ1v) is 8.72. The molecule has 1 atom stereocenters. The van der Waals surface area contributed by atoms with E-state index in [1.54, 1.807) is 47.4 Å². The molecule has 8 heteroatoms. The van der Waals surface area contributed by atoms with Gasteiger partial charge in [0.05, 0.1) is 13.0 Å². The largest absolute Gasteiger partial charge is 0.497 e. The fraction of sp³-hybridized carbons (Fsp3) is 0.300. The summed E-state index contributed by atoms with van der Waals surface area (Å²) in [6.45, 7) is -2.67. The number of carbonyl (C=O) groups is 2. The average molecular weight is 390 g/mol. The van der Waals surface area contributed by atoms with Crippen LogP contribution in [0.15, 0.2) is 48.5 Å². The Morgan fingerprint density at radius 1 is 1.25 bits per heavy atom. The van der Waals surface area contributed by atoms with Gasteiger partial charge < -0.3 is 19.7 Å². The van der Waals surface area contributed by atoms with Gasteiger partial charge in [-0.3, -0.25) is 9.59 Å². The highest BCUT2D eigenvalue weighted by molar-refractivity contribution is 6.00. The first-order chi connectivity index (χ1) is 13.5. The Balaban J connectivity index is 1.62. The lowest BCUT2D eigenvalue weighted by molar-refractivity contribution is -0.126. The molecule has 6 nitrogen and oxygen atoms in total. The molecule has 1 aliphatic rings. The molecule has 148 valence electrons. The van der Waals surface area contributed by atoms with Crippen LogP contribution in [0.1, 0.15) is 12.0 Å². The molecule has 1 heterocycles. The van der Waals surface area contributed by atoms with Crippen LogP contribution in [0.5, 0.6) is 11.5 Å². The number of amides is 2. The third-order valence-electron chi connectivity index (χ3n) is 4.50. The van der Waals surface area contributed by atoms with Gasteiger partial charge >= 0.3 is 6.61 Å². The van der Waals surface area contributed by atoms with Crippen molar-refractivity contribution >= 4 is 17.5 Å². The Morgan fingerprint density at radius 2 is 2.04 bits per heavy atom. The molecular formula is C20H20F2N2O4. The van der Waals surface area contributed by atoms with E-state index in [4.69, 9.17) is 4.74 Å². The summed E-state index contributed by atoms with van der Waals surface area (Å²) in [5, 5.41) is 2.70. The summed E-state index contributed by atoms with van der Waals surface area (Å²) in [6, 6.07) is 13.3. The van der Waals surface area contributed by atoms with Crippen molar-refractivity contribution in [1.82, 2.24) is 5.32 Å². The second-order valence-electron chi connectivity index (χ2n) is 6.31. The van der Waals surface area contributed by atoms with Gasteiger partial charge in [0, 0.05) is 36.8 Å². The summed E-state index contributed by atoms with van der Waals surface area (Å²) in [4.78, 5) is 26.4. The molecule has 0 saturated carbocycles. The molecular weight excluding hydrogens is 370 g/mol. The quantitative estimate of drug-likeness (QED) is 0.789. The van der Waals surface area contributed by atoms with Crippen LogP contribution in [-0.4, -0.2) is 32.1 Å². The highest BCUT2D eigenvalue weighted by atomic mass is 19.3. The van der Waals surface area contributed by atoms with Crippen LogP contribution < -0.4 is 19.7 Å². The molecule has 0 bridgehead atoms. The number of benzene rings is 2. The van der Waals surface area contributed by atoms with Crippen LogP contribution in [-0.2, 0) is 16.1 Å². The second kappa shape index (κ2) is 8.69. The lowest BCUT2D eigenvalue weighted by atomic mass is 10.1. The van der Waals surface area contributed by atoms with E-state index in [0.717, 1.165) is 0 Å². The Labute approximate surface area is 161 Å². The average Bonchev–Trinajstić information content (AvgIpc) is 3.08. The maximum atomic E-state index is 12.5. The molecule has 1 saturated heterocycles. The summed E-state index contributed by atoms with van der Waals surface area (Å²) in [6.07, 6.45) is 0.0816. The number of para-hydroxylation sites is 1. The minimum atomic E-state index is -2.94. The number of nitrogens with one attached hydrogen (secondary N) is 1. The number of carbonyl (C=O) groups excluding carboxylic acids is 2. The van der Waals surface area contributed by atoms with Gasteiger partial charge in [-0.1, -0.05) is 24.3 Å². The fourth-order valence-corrected chi connectivity index (χ4v) is 3.10. The smallest absolute Gasteiger partial charge is 0.387 e. The molecule has 0 radical (unpaired) electrons. The van der Waals surface area contributed by atoms with Gasteiger partial charge in [-0.15, -0.1) is 0 Å². The summed E-state index contributed by atoms with van der Waals surface area (Å²) in [5.41, 5.74) is 1.10. The number of alkyl halides is 2. The lowest BCUT2D eigenvalue weighted by Crippen LogP contribution is -2.32. The first-order valence-electron chi connectivity index (χ1n) is 8.72. The van der Waals surface area contributed by atoms with E-state index < -0.39 is 12.5 Å². The van der Waals surface area contributed by atoms with E-state index in [1.165, 1.54) is 13.2 Å². The standard InChI is InChI=1S/C20H20F2N2O4/c1-27-16-7-4-6-15(10-16)24-12-14(9-18(24)25)19(26)23-11-13-5-2-3-8-17(13)28-20(21)22/h2-8,10,14,20H,9,11-12H2,1H3,(H,23,26). The number of nitrogens with zero attached hydrogens (tertiary/aromatic N) is 1. The van der Waals surface area contributed by atoms with Crippen LogP contribution in [0.3, 0.4) is 0 Å². The maximum absolute atomic E-state index is 12.5. The molecule has 1 aliphatic heterocycles. The van der Waals surface area contributed by atoms with Crippen LogP contribution in [0.2, 0.25) is 0 Å². The maximum Gasteiger partial charge on any atom is 0.387 e. The Hall–Kier alpha value is -3.16. The van der Waals surface area contributed by atoms with Crippen molar-refractivity contribution in [2.75, 3.05) is 18.6 Å². The minimum absolute atomic E-state index is 0.0123. The van der Waals surface area contributed by atoms with Crippen molar-refractivity contribution in [3.63, 3.8) is 0 Å². The fourth-order valence-electron chi connectivity index (χ4n) is 3.10. The number of halogens is 2. The zero-order valence-electron chi connectivity index (χ0n) is 15.2. The van der Waals surface area contributed by atoms with Crippen LogP contribution in [0, 0.1) is 5.92 Å². The van der Waals surface area contributed by atoms with Crippen LogP contribution in [0.4, 0.5) is 14.5 Å². The second-order valence-corrected chi connectivity index (χ2v) is 6.31. The van der Waals surface area contributed by atoms with Crippen molar-refractivity contribution in [2.24, 2.45) is 5.92 Å². The number of hydrogen-bond acceptors (Lipinski definition) is 4. The molecule has 1 fully saturated rings. The number of ether oxygens (including phenoxy) is 2. The highest BCUT2D eigenvalue weighted by Gasteiger charge is 2.35. The van der Waals surface area contributed by atoms with Crippen molar-refractivity contribution in [2.45, 2.75) is 19.6 Å². The van der Waals surface area contributed by atoms with E-state index in [0.29, 0.717) is 17.0 Å². The van der Waals surface area contributed by atoms with E-state index in [9.17, 15) is 18.4 Å². The third kappa shape index (κ3) is 4.57. The van der Waals surface area contributed by atoms with Gasteiger partial charge in [0.2, 0.25) is 11.8 Å². The summed E-state index contributed by atoms with van der Waals surface area (Å²) < 4.78 is 34.6.